The number of allylic oxidation sites excluding steroid dienone is 1. The molecule has 2 heterocycles. The van der Waals surface area contributed by atoms with Crippen molar-refractivity contribution in [1.82, 2.24) is 9.72 Å². The Kier molecular flexibility index (Phi) is 6.54. The number of rotatable bonds is 7. The lowest BCUT2D eigenvalue weighted by molar-refractivity contribution is -0.115. The summed E-state index contributed by atoms with van der Waals surface area (Å²) in [6.45, 7) is 5.69. The monoisotopic (exact) mass is 468 g/mol. The summed E-state index contributed by atoms with van der Waals surface area (Å²) in [5, 5.41) is 6.38. The van der Waals surface area contributed by atoms with Crippen LogP contribution in [0.3, 0.4) is 0 Å². The Balaban J connectivity index is 1.78. The highest BCUT2D eigenvalue weighted by Gasteiger charge is 2.22. The number of aromatic nitrogens is 2. The van der Waals surface area contributed by atoms with Crippen LogP contribution in [0.5, 0.6) is 0 Å². The van der Waals surface area contributed by atoms with Gasteiger partial charge in [-0.05, 0) is 25.1 Å². The zero-order chi connectivity index (χ0) is 21.9. The van der Waals surface area contributed by atoms with Crippen LogP contribution in [-0.4, -0.2) is 41.5 Å². The first-order valence-electron chi connectivity index (χ1n) is 8.58. The number of hydrogen-bond donors (Lipinski definition) is 1. The lowest BCUT2D eigenvalue weighted by Crippen LogP contribution is -2.28. The molecule has 2 amide bonds. The Bertz CT molecular complexity index is 1300. The molecule has 0 spiro atoms. The topological polar surface area (TPSA) is 124 Å². The fourth-order valence-corrected chi connectivity index (χ4v) is 4.97. The Morgan fingerprint density at radius 2 is 2.13 bits per heavy atom. The number of carbonyl (C=O) groups excluding carboxylic acids is 2. The van der Waals surface area contributed by atoms with E-state index in [1.54, 1.807) is 35.8 Å². The predicted octanol–water partition coefficient (Wildman–Crippen LogP) is 2.32. The molecule has 12 heteroatoms. The van der Waals surface area contributed by atoms with Crippen molar-refractivity contribution in [3.8, 4) is 0 Å². The number of benzene rings is 1. The zero-order valence-electron chi connectivity index (χ0n) is 15.8. The summed E-state index contributed by atoms with van der Waals surface area (Å²) in [4.78, 5) is 28.5. The summed E-state index contributed by atoms with van der Waals surface area (Å²) in [5.41, 5.74) is 0.793. The van der Waals surface area contributed by atoms with Gasteiger partial charge in [-0.2, -0.15) is 4.99 Å². The molecule has 0 aliphatic carbocycles. The molecule has 0 bridgehead atoms. The molecular formula is C18H17ClN4O5S2. The van der Waals surface area contributed by atoms with E-state index in [4.69, 9.17) is 16.1 Å². The number of sulfone groups is 1. The summed E-state index contributed by atoms with van der Waals surface area (Å²) in [6, 6.07) is 6.67. The maximum absolute atomic E-state index is 12.3. The summed E-state index contributed by atoms with van der Waals surface area (Å²) >= 11 is 7.21. The number of anilines is 1. The second-order valence-electron chi connectivity index (χ2n) is 6.30. The smallest absolute Gasteiger partial charge is 0.263 e. The number of amides is 2. The molecule has 0 fully saturated rings. The number of halogens is 1. The van der Waals surface area contributed by atoms with Gasteiger partial charge in [-0.15, -0.1) is 6.58 Å². The van der Waals surface area contributed by atoms with Crippen LogP contribution in [0.25, 0.3) is 10.2 Å². The van der Waals surface area contributed by atoms with Crippen LogP contribution >= 0.6 is 22.9 Å². The van der Waals surface area contributed by atoms with Crippen molar-refractivity contribution in [3.63, 3.8) is 0 Å². The summed E-state index contributed by atoms with van der Waals surface area (Å²) in [6.07, 6.45) is 1.64. The SMILES string of the molecule is C=CCn1c(=NC(=O)CS(=O)(=O)CC(=O)Nc2cc(C)on2)sc2cc(Cl)ccc21. The van der Waals surface area contributed by atoms with Crippen LogP contribution in [0.4, 0.5) is 5.82 Å². The first kappa shape index (κ1) is 21.9. The van der Waals surface area contributed by atoms with Gasteiger partial charge >= 0.3 is 0 Å². The van der Waals surface area contributed by atoms with E-state index in [-0.39, 0.29) is 5.82 Å². The van der Waals surface area contributed by atoms with Gasteiger partial charge in [0.15, 0.2) is 20.5 Å². The minimum atomic E-state index is -4.03. The number of carbonyl (C=O) groups is 2. The number of aryl methyl sites for hydroxylation is 1. The molecule has 9 nitrogen and oxygen atoms in total. The zero-order valence-corrected chi connectivity index (χ0v) is 18.2. The third-order valence-corrected chi connectivity index (χ3v) is 6.43. The van der Waals surface area contributed by atoms with Crippen molar-refractivity contribution < 1.29 is 22.5 Å². The third kappa shape index (κ3) is 5.43. The van der Waals surface area contributed by atoms with Gasteiger partial charge in [0, 0.05) is 17.6 Å². The van der Waals surface area contributed by atoms with Crippen molar-refractivity contribution >= 4 is 60.6 Å². The predicted molar refractivity (Wildman–Crippen MR) is 114 cm³/mol. The van der Waals surface area contributed by atoms with Crippen LogP contribution in [0.15, 0.2) is 46.4 Å². The van der Waals surface area contributed by atoms with Crippen molar-refractivity contribution in [2.75, 3.05) is 16.8 Å². The van der Waals surface area contributed by atoms with E-state index < -0.39 is 33.2 Å². The molecule has 0 radical (unpaired) electrons. The molecule has 3 rings (SSSR count). The van der Waals surface area contributed by atoms with E-state index in [9.17, 15) is 18.0 Å². The van der Waals surface area contributed by atoms with Gasteiger partial charge in [-0.1, -0.05) is 34.2 Å². The van der Waals surface area contributed by atoms with E-state index in [2.05, 4.69) is 22.0 Å². The number of nitrogens with one attached hydrogen (secondary N) is 1. The summed E-state index contributed by atoms with van der Waals surface area (Å²) in [7, 11) is -4.03. The molecule has 1 N–H and O–H groups in total. The van der Waals surface area contributed by atoms with Gasteiger partial charge in [0.25, 0.3) is 5.91 Å². The molecular weight excluding hydrogens is 452 g/mol. The molecule has 0 aliphatic heterocycles. The van der Waals surface area contributed by atoms with Crippen molar-refractivity contribution in [2.24, 2.45) is 4.99 Å². The van der Waals surface area contributed by atoms with Gasteiger partial charge in [0.1, 0.15) is 17.3 Å². The normalized spacial score (nSPS) is 12.3. The second kappa shape index (κ2) is 8.94. The van der Waals surface area contributed by atoms with Crippen LogP contribution in [0.1, 0.15) is 5.76 Å². The number of hydrogen-bond acceptors (Lipinski definition) is 7. The van der Waals surface area contributed by atoms with Crippen molar-refractivity contribution in [2.45, 2.75) is 13.5 Å². The molecule has 0 saturated heterocycles. The lowest BCUT2D eigenvalue weighted by Gasteiger charge is -2.03. The fourth-order valence-electron chi connectivity index (χ4n) is 2.62. The van der Waals surface area contributed by atoms with Crippen LogP contribution in [-0.2, 0) is 26.0 Å². The molecule has 1 aromatic carbocycles. The van der Waals surface area contributed by atoms with E-state index in [1.807, 2.05) is 0 Å². The minimum Gasteiger partial charge on any atom is -0.360 e. The number of nitrogens with zero attached hydrogens (tertiary/aromatic N) is 3. The third-order valence-electron chi connectivity index (χ3n) is 3.77. The molecule has 0 atom stereocenters. The van der Waals surface area contributed by atoms with Gasteiger partial charge in [-0.25, -0.2) is 8.42 Å². The standard InChI is InChI=1S/C18H17ClN4O5S2/c1-3-6-23-13-5-4-12(19)8-14(13)29-18(23)21-17(25)10-30(26,27)9-16(24)20-15-7-11(2)28-22-15/h3-5,7-8H,1,6,9-10H2,2H3,(H,20,22,24). The van der Waals surface area contributed by atoms with E-state index in [1.165, 1.54) is 17.4 Å². The molecule has 30 heavy (non-hydrogen) atoms. The van der Waals surface area contributed by atoms with Crippen molar-refractivity contribution in [1.29, 1.82) is 0 Å². The van der Waals surface area contributed by atoms with E-state index >= 15 is 0 Å². The highest BCUT2D eigenvalue weighted by molar-refractivity contribution is 7.92. The molecule has 0 aliphatic rings. The first-order valence-corrected chi connectivity index (χ1v) is 11.6. The molecule has 158 valence electrons. The number of fused-ring (bicyclic) bond motifs is 1. The van der Waals surface area contributed by atoms with Gasteiger partial charge in [-0.3, -0.25) is 9.59 Å². The average Bonchev–Trinajstić information content (AvgIpc) is 3.17. The van der Waals surface area contributed by atoms with Gasteiger partial charge in [0.2, 0.25) is 5.91 Å². The quantitative estimate of drug-likeness (QED) is 0.530. The Morgan fingerprint density at radius 1 is 1.37 bits per heavy atom. The van der Waals surface area contributed by atoms with Crippen LogP contribution in [0.2, 0.25) is 5.02 Å². The van der Waals surface area contributed by atoms with Crippen LogP contribution in [0, 0.1) is 6.92 Å². The lowest BCUT2D eigenvalue weighted by atomic mass is 10.3. The van der Waals surface area contributed by atoms with Gasteiger partial charge < -0.3 is 14.4 Å². The van der Waals surface area contributed by atoms with E-state index in [0.29, 0.717) is 22.1 Å². The minimum absolute atomic E-state index is 0.0955. The second-order valence-corrected chi connectivity index (χ2v) is 9.81. The largest absolute Gasteiger partial charge is 0.360 e. The number of thiazole rings is 1. The molecule has 0 unspecified atom stereocenters. The highest BCUT2D eigenvalue weighted by atomic mass is 35.5. The van der Waals surface area contributed by atoms with Crippen molar-refractivity contribution in [3.05, 3.63) is 52.5 Å². The highest BCUT2D eigenvalue weighted by Crippen LogP contribution is 2.22. The van der Waals surface area contributed by atoms with Crippen LogP contribution < -0.4 is 10.1 Å². The summed E-state index contributed by atoms with van der Waals surface area (Å²) in [5.74, 6) is -2.93. The fraction of sp³-hybridized carbons (Fsp3) is 0.222. The van der Waals surface area contributed by atoms with E-state index in [0.717, 1.165) is 10.2 Å². The van der Waals surface area contributed by atoms with Gasteiger partial charge in [0.05, 0.1) is 10.2 Å². The summed E-state index contributed by atoms with van der Waals surface area (Å²) < 4.78 is 31.8. The Morgan fingerprint density at radius 3 is 2.80 bits per heavy atom. The maximum Gasteiger partial charge on any atom is 0.263 e. The average molecular weight is 469 g/mol. The molecule has 3 aromatic rings. The maximum atomic E-state index is 12.3. The molecule has 2 aromatic heterocycles. The Labute approximate surface area is 180 Å². The first-order chi connectivity index (χ1) is 14.2. The molecule has 0 saturated carbocycles. The Hall–Kier alpha value is -2.76.